The number of para-hydroxylation sites is 1. The van der Waals surface area contributed by atoms with E-state index in [-0.39, 0.29) is 0 Å². The van der Waals surface area contributed by atoms with Crippen molar-refractivity contribution in [1.29, 1.82) is 0 Å². The Balaban J connectivity index is 1.78. The second-order valence-corrected chi connectivity index (χ2v) is 5.46. The van der Waals surface area contributed by atoms with Crippen LogP contribution in [0.3, 0.4) is 0 Å². The molecule has 0 saturated carbocycles. The first-order valence-corrected chi connectivity index (χ1v) is 7.00. The summed E-state index contributed by atoms with van der Waals surface area (Å²) < 4.78 is 5.84. The lowest BCUT2D eigenvalue weighted by Gasteiger charge is -2.38. The van der Waals surface area contributed by atoms with E-state index >= 15 is 0 Å². The van der Waals surface area contributed by atoms with Gasteiger partial charge in [-0.15, -0.1) is 0 Å². The summed E-state index contributed by atoms with van der Waals surface area (Å²) in [5.41, 5.74) is 1.33. The van der Waals surface area contributed by atoms with E-state index in [0.29, 0.717) is 6.04 Å². The number of rotatable bonds is 1. The van der Waals surface area contributed by atoms with Gasteiger partial charge >= 0.3 is 0 Å². The van der Waals surface area contributed by atoms with Gasteiger partial charge in [-0.2, -0.15) is 0 Å². The van der Waals surface area contributed by atoms with E-state index in [4.69, 9.17) is 4.74 Å². The molecule has 98 valence electrons. The molecule has 2 aliphatic rings. The van der Waals surface area contributed by atoms with E-state index in [1.807, 2.05) is 0 Å². The number of piperidine rings is 1. The van der Waals surface area contributed by atoms with Crippen molar-refractivity contribution in [2.45, 2.75) is 25.9 Å². The molecule has 0 aromatic heterocycles. The van der Waals surface area contributed by atoms with Crippen molar-refractivity contribution in [3.8, 4) is 5.75 Å². The fourth-order valence-electron chi connectivity index (χ4n) is 3.09. The van der Waals surface area contributed by atoms with Gasteiger partial charge in [0.25, 0.3) is 0 Å². The molecular weight excluding hydrogens is 224 g/mol. The van der Waals surface area contributed by atoms with Crippen LogP contribution in [-0.4, -0.2) is 37.2 Å². The summed E-state index contributed by atoms with van der Waals surface area (Å²) in [7, 11) is 0. The van der Waals surface area contributed by atoms with Crippen molar-refractivity contribution in [2.24, 2.45) is 5.92 Å². The minimum Gasteiger partial charge on any atom is -0.492 e. The fourth-order valence-corrected chi connectivity index (χ4v) is 3.09. The molecule has 0 radical (unpaired) electrons. The fraction of sp³-hybridized carbons (Fsp3) is 0.600. The molecule has 0 bridgehead atoms. The van der Waals surface area contributed by atoms with E-state index in [1.165, 1.54) is 18.5 Å². The van der Waals surface area contributed by atoms with Crippen molar-refractivity contribution < 1.29 is 4.74 Å². The van der Waals surface area contributed by atoms with Crippen molar-refractivity contribution in [3.05, 3.63) is 29.8 Å². The molecule has 18 heavy (non-hydrogen) atoms. The molecule has 2 atom stereocenters. The molecule has 2 heterocycles. The Kier molecular flexibility index (Phi) is 3.52. The molecule has 0 spiro atoms. The average molecular weight is 246 g/mol. The van der Waals surface area contributed by atoms with Crippen molar-refractivity contribution >= 4 is 0 Å². The molecular formula is C15H22N2O. The van der Waals surface area contributed by atoms with Crippen LogP contribution < -0.4 is 10.1 Å². The second-order valence-electron chi connectivity index (χ2n) is 5.46. The highest BCUT2D eigenvalue weighted by Crippen LogP contribution is 2.26. The summed E-state index contributed by atoms with van der Waals surface area (Å²) in [5, 5.41) is 3.52. The Morgan fingerprint density at radius 2 is 2.22 bits per heavy atom. The van der Waals surface area contributed by atoms with Crippen LogP contribution in [0.4, 0.5) is 0 Å². The van der Waals surface area contributed by atoms with Crippen LogP contribution in [0.1, 0.15) is 18.9 Å². The molecule has 3 rings (SSSR count). The first-order chi connectivity index (χ1) is 8.84. The Labute approximate surface area is 109 Å². The largest absolute Gasteiger partial charge is 0.492 e. The highest BCUT2D eigenvalue weighted by atomic mass is 16.5. The third-order valence-corrected chi connectivity index (χ3v) is 4.24. The normalized spacial score (nSPS) is 29.2. The smallest absolute Gasteiger partial charge is 0.123 e. The molecule has 1 fully saturated rings. The van der Waals surface area contributed by atoms with Gasteiger partial charge in [0.15, 0.2) is 0 Å². The topological polar surface area (TPSA) is 24.5 Å². The maximum atomic E-state index is 5.84. The predicted molar refractivity (Wildman–Crippen MR) is 72.8 cm³/mol. The summed E-state index contributed by atoms with van der Waals surface area (Å²) in [4.78, 5) is 2.59. The molecule has 2 aliphatic heterocycles. The Hall–Kier alpha value is -1.06. The van der Waals surface area contributed by atoms with E-state index in [0.717, 1.165) is 37.9 Å². The summed E-state index contributed by atoms with van der Waals surface area (Å²) in [6, 6.07) is 9.08. The van der Waals surface area contributed by atoms with Crippen LogP contribution in [0.25, 0.3) is 0 Å². The lowest BCUT2D eigenvalue weighted by atomic mass is 9.93. The molecule has 1 aromatic carbocycles. The monoisotopic (exact) mass is 246 g/mol. The van der Waals surface area contributed by atoms with Gasteiger partial charge in [0, 0.05) is 31.2 Å². The third kappa shape index (κ3) is 2.38. The predicted octanol–water partition coefficient (Wildman–Crippen LogP) is 1.88. The van der Waals surface area contributed by atoms with Crippen molar-refractivity contribution in [1.82, 2.24) is 10.2 Å². The lowest BCUT2D eigenvalue weighted by Crippen LogP contribution is -2.50. The maximum Gasteiger partial charge on any atom is 0.123 e. The van der Waals surface area contributed by atoms with Crippen LogP contribution in [0.5, 0.6) is 5.75 Å². The average Bonchev–Trinajstić information content (AvgIpc) is 2.61. The van der Waals surface area contributed by atoms with E-state index in [2.05, 4.69) is 41.4 Å². The zero-order valence-corrected chi connectivity index (χ0v) is 11.1. The highest BCUT2D eigenvalue weighted by molar-refractivity contribution is 5.33. The van der Waals surface area contributed by atoms with Crippen LogP contribution in [0, 0.1) is 5.92 Å². The van der Waals surface area contributed by atoms with Crippen LogP contribution in [0.2, 0.25) is 0 Å². The molecule has 3 nitrogen and oxygen atoms in total. The first-order valence-electron chi connectivity index (χ1n) is 7.00. The zero-order chi connectivity index (χ0) is 12.4. The van der Waals surface area contributed by atoms with Gasteiger partial charge in [0.1, 0.15) is 12.4 Å². The number of hydrogen-bond donors (Lipinski definition) is 1. The van der Waals surface area contributed by atoms with Gasteiger partial charge in [0.2, 0.25) is 0 Å². The lowest BCUT2D eigenvalue weighted by molar-refractivity contribution is 0.107. The van der Waals surface area contributed by atoms with E-state index < -0.39 is 0 Å². The second kappa shape index (κ2) is 5.29. The molecule has 1 aromatic rings. The van der Waals surface area contributed by atoms with Crippen molar-refractivity contribution in [3.63, 3.8) is 0 Å². The quantitative estimate of drug-likeness (QED) is 0.819. The number of hydrogen-bond acceptors (Lipinski definition) is 3. The number of ether oxygens (including phenoxy) is 1. The first kappa shape index (κ1) is 12.0. The summed E-state index contributed by atoms with van der Waals surface area (Å²) >= 11 is 0. The van der Waals surface area contributed by atoms with Gasteiger partial charge in [0.05, 0.1) is 0 Å². The third-order valence-electron chi connectivity index (χ3n) is 4.24. The summed E-state index contributed by atoms with van der Waals surface area (Å²) in [6.07, 6.45) is 1.28. The van der Waals surface area contributed by atoms with Crippen molar-refractivity contribution in [2.75, 3.05) is 26.2 Å². The zero-order valence-electron chi connectivity index (χ0n) is 11.1. The molecule has 1 N–H and O–H groups in total. The molecule has 0 aliphatic carbocycles. The Morgan fingerprint density at radius 3 is 3.11 bits per heavy atom. The number of nitrogens with one attached hydrogen (secondary N) is 1. The number of benzene rings is 1. The molecule has 0 amide bonds. The minimum absolute atomic E-state index is 0.647. The standard InChI is InChI=1S/C15H22N2O/c1-12-6-7-16-10-14(12)17-8-9-18-15-5-3-2-4-13(15)11-17/h2-5,12,14,16H,6-11H2,1H3. The van der Waals surface area contributed by atoms with Crippen LogP contribution >= 0.6 is 0 Å². The minimum atomic E-state index is 0.647. The SMILES string of the molecule is CC1CCNCC1N1CCOc2ccccc2C1. The Bertz CT molecular complexity index is 407. The van der Waals surface area contributed by atoms with Crippen LogP contribution in [-0.2, 0) is 6.54 Å². The molecule has 1 saturated heterocycles. The van der Waals surface area contributed by atoms with E-state index in [1.54, 1.807) is 0 Å². The maximum absolute atomic E-state index is 5.84. The van der Waals surface area contributed by atoms with Crippen LogP contribution in [0.15, 0.2) is 24.3 Å². The van der Waals surface area contributed by atoms with Gasteiger partial charge in [-0.25, -0.2) is 0 Å². The van der Waals surface area contributed by atoms with Gasteiger partial charge < -0.3 is 10.1 Å². The highest BCUT2D eigenvalue weighted by Gasteiger charge is 2.28. The summed E-state index contributed by atoms with van der Waals surface area (Å²) in [6.45, 7) is 7.52. The molecule has 3 heteroatoms. The summed E-state index contributed by atoms with van der Waals surface area (Å²) in [5.74, 6) is 1.84. The number of fused-ring (bicyclic) bond motifs is 1. The van der Waals surface area contributed by atoms with E-state index in [9.17, 15) is 0 Å². The van der Waals surface area contributed by atoms with Gasteiger partial charge in [-0.1, -0.05) is 25.1 Å². The van der Waals surface area contributed by atoms with Gasteiger partial charge in [-0.05, 0) is 24.9 Å². The Morgan fingerprint density at radius 1 is 1.33 bits per heavy atom. The van der Waals surface area contributed by atoms with Gasteiger partial charge in [-0.3, -0.25) is 4.90 Å². The molecule has 2 unspecified atom stereocenters. The number of nitrogens with zero attached hydrogens (tertiary/aromatic N) is 1.